The van der Waals surface area contributed by atoms with Gasteiger partial charge in [-0.25, -0.2) is 0 Å². The van der Waals surface area contributed by atoms with Crippen LogP contribution < -0.4 is 0 Å². The molecular formula is C16H16O2. The van der Waals surface area contributed by atoms with Crippen molar-refractivity contribution in [3.8, 4) is 0 Å². The second-order valence-corrected chi connectivity index (χ2v) is 4.47. The molecule has 0 amide bonds. The molecule has 2 aromatic rings. The summed E-state index contributed by atoms with van der Waals surface area (Å²) < 4.78 is 10.2. The maximum Gasteiger partial charge on any atom is 0.106 e. The molecule has 2 fully saturated rings. The van der Waals surface area contributed by atoms with E-state index in [2.05, 4.69) is 24.3 Å². The largest absolute Gasteiger partial charge is 0.368 e. The van der Waals surface area contributed by atoms with Crippen molar-refractivity contribution in [1.29, 1.82) is 0 Å². The van der Waals surface area contributed by atoms with E-state index in [9.17, 15) is 0 Å². The van der Waals surface area contributed by atoms with Crippen LogP contribution in [-0.2, 0) is 9.47 Å². The molecule has 0 aromatic heterocycles. The van der Waals surface area contributed by atoms with Gasteiger partial charge in [-0.15, -0.1) is 0 Å². The number of epoxide rings is 2. The van der Waals surface area contributed by atoms with Crippen molar-refractivity contribution in [3.63, 3.8) is 0 Å². The van der Waals surface area contributed by atoms with Gasteiger partial charge in [-0.3, -0.25) is 0 Å². The van der Waals surface area contributed by atoms with Crippen molar-refractivity contribution in [2.75, 3.05) is 13.2 Å². The molecule has 2 heterocycles. The van der Waals surface area contributed by atoms with Gasteiger partial charge >= 0.3 is 0 Å². The summed E-state index contributed by atoms with van der Waals surface area (Å²) in [6.07, 6.45) is 0.817. The number of benzene rings is 2. The van der Waals surface area contributed by atoms with Crippen LogP contribution in [0.2, 0.25) is 0 Å². The third kappa shape index (κ3) is 3.19. The van der Waals surface area contributed by atoms with Crippen LogP contribution in [0.5, 0.6) is 0 Å². The summed E-state index contributed by atoms with van der Waals surface area (Å²) in [6.45, 7) is 1.81. The summed E-state index contributed by atoms with van der Waals surface area (Å²) in [7, 11) is 0. The van der Waals surface area contributed by atoms with Crippen molar-refractivity contribution in [2.24, 2.45) is 0 Å². The summed E-state index contributed by atoms with van der Waals surface area (Å²) in [4.78, 5) is 0. The van der Waals surface area contributed by atoms with Gasteiger partial charge in [-0.1, -0.05) is 60.7 Å². The fraction of sp³-hybridized carbons (Fsp3) is 0.250. The summed E-state index contributed by atoms with van der Waals surface area (Å²) in [5.74, 6) is 0. The first-order valence-electron chi connectivity index (χ1n) is 6.26. The van der Waals surface area contributed by atoms with Crippen molar-refractivity contribution >= 4 is 0 Å². The summed E-state index contributed by atoms with van der Waals surface area (Å²) >= 11 is 0. The number of hydrogen-bond acceptors (Lipinski definition) is 2. The molecule has 0 aliphatic carbocycles. The van der Waals surface area contributed by atoms with Gasteiger partial charge in [-0.2, -0.15) is 0 Å². The van der Waals surface area contributed by atoms with Crippen molar-refractivity contribution in [2.45, 2.75) is 12.2 Å². The van der Waals surface area contributed by atoms with Gasteiger partial charge in [0, 0.05) is 0 Å². The van der Waals surface area contributed by atoms with E-state index in [1.165, 1.54) is 11.1 Å². The maximum absolute atomic E-state index is 5.09. The quantitative estimate of drug-likeness (QED) is 0.750. The number of rotatable bonds is 2. The Kier molecular flexibility index (Phi) is 3.40. The Morgan fingerprint density at radius 3 is 1.22 bits per heavy atom. The minimum atomic E-state index is 0.409. The molecule has 0 radical (unpaired) electrons. The number of hydrogen-bond donors (Lipinski definition) is 0. The van der Waals surface area contributed by atoms with E-state index in [4.69, 9.17) is 9.47 Å². The molecule has 92 valence electrons. The highest BCUT2D eigenvalue weighted by atomic mass is 16.6. The smallest absolute Gasteiger partial charge is 0.106 e. The van der Waals surface area contributed by atoms with E-state index in [0.29, 0.717) is 12.2 Å². The first-order chi connectivity index (χ1) is 8.93. The third-order valence-corrected chi connectivity index (χ3v) is 3.01. The third-order valence-electron chi connectivity index (χ3n) is 3.01. The average Bonchev–Trinajstić information content (AvgIpc) is 3.34. The summed E-state index contributed by atoms with van der Waals surface area (Å²) in [5, 5.41) is 0. The molecule has 0 bridgehead atoms. The summed E-state index contributed by atoms with van der Waals surface area (Å²) in [5.41, 5.74) is 2.61. The van der Waals surface area contributed by atoms with Gasteiger partial charge in [0.1, 0.15) is 12.2 Å². The fourth-order valence-corrected chi connectivity index (χ4v) is 1.82. The zero-order valence-corrected chi connectivity index (χ0v) is 10.2. The second kappa shape index (κ2) is 5.34. The maximum atomic E-state index is 5.09. The molecule has 2 atom stereocenters. The van der Waals surface area contributed by atoms with Crippen molar-refractivity contribution < 1.29 is 9.47 Å². The lowest BCUT2D eigenvalue weighted by molar-refractivity contribution is 0.415. The Balaban J connectivity index is 0.000000111. The van der Waals surface area contributed by atoms with Crippen LogP contribution in [-0.4, -0.2) is 13.2 Å². The highest BCUT2D eigenvalue weighted by Crippen LogP contribution is 2.29. The molecule has 0 spiro atoms. The molecule has 4 rings (SSSR count). The first-order valence-corrected chi connectivity index (χ1v) is 6.26. The van der Waals surface area contributed by atoms with E-state index < -0.39 is 0 Å². The zero-order chi connectivity index (χ0) is 12.2. The molecule has 2 aromatic carbocycles. The zero-order valence-electron chi connectivity index (χ0n) is 10.2. The lowest BCUT2D eigenvalue weighted by Crippen LogP contribution is -1.75. The van der Waals surface area contributed by atoms with Crippen molar-refractivity contribution in [3.05, 3.63) is 71.8 Å². The van der Waals surface area contributed by atoms with Crippen LogP contribution in [0, 0.1) is 0 Å². The van der Waals surface area contributed by atoms with Crippen LogP contribution in [0.3, 0.4) is 0 Å². The van der Waals surface area contributed by atoms with Crippen LogP contribution in [0.4, 0.5) is 0 Å². The van der Waals surface area contributed by atoms with Gasteiger partial charge in [0.25, 0.3) is 0 Å². The van der Waals surface area contributed by atoms with E-state index in [0.717, 1.165) is 13.2 Å². The van der Waals surface area contributed by atoms with Gasteiger partial charge < -0.3 is 9.47 Å². The van der Waals surface area contributed by atoms with E-state index in [1.54, 1.807) is 0 Å². The average molecular weight is 240 g/mol. The lowest BCUT2D eigenvalue weighted by Gasteiger charge is -1.89. The Labute approximate surface area is 107 Å². The Morgan fingerprint density at radius 2 is 0.944 bits per heavy atom. The predicted molar refractivity (Wildman–Crippen MR) is 70.3 cm³/mol. The lowest BCUT2D eigenvalue weighted by atomic mass is 10.2. The van der Waals surface area contributed by atoms with Crippen LogP contribution in [0.25, 0.3) is 0 Å². The highest BCUT2D eigenvalue weighted by molar-refractivity contribution is 5.20. The normalized spacial score (nSPS) is 23.8. The van der Waals surface area contributed by atoms with Gasteiger partial charge in [-0.05, 0) is 11.1 Å². The Hall–Kier alpha value is -1.64. The highest BCUT2D eigenvalue weighted by Gasteiger charge is 2.24. The van der Waals surface area contributed by atoms with Crippen LogP contribution in [0.1, 0.15) is 23.3 Å². The molecule has 2 unspecified atom stereocenters. The van der Waals surface area contributed by atoms with Crippen LogP contribution in [0.15, 0.2) is 60.7 Å². The topological polar surface area (TPSA) is 25.1 Å². The SMILES string of the molecule is c1ccc(C2CO2)cc1.c1ccc(C2CO2)cc1. The second-order valence-electron chi connectivity index (χ2n) is 4.47. The molecule has 2 aliphatic heterocycles. The molecule has 2 saturated heterocycles. The fourth-order valence-electron chi connectivity index (χ4n) is 1.82. The minimum Gasteiger partial charge on any atom is -0.368 e. The van der Waals surface area contributed by atoms with Crippen LogP contribution >= 0.6 is 0 Å². The van der Waals surface area contributed by atoms with E-state index in [-0.39, 0.29) is 0 Å². The molecular weight excluding hydrogens is 224 g/mol. The van der Waals surface area contributed by atoms with E-state index in [1.807, 2.05) is 36.4 Å². The molecule has 0 N–H and O–H groups in total. The van der Waals surface area contributed by atoms with E-state index >= 15 is 0 Å². The summed E-state index contributed by atoms with van der Waals surface area (Å²) in [6, 6.07) is 20.6. The minimum absolute atomic E-state index is 0.409. The molecule has 2 aliphatic rings. The standard InChI is InChI=1S/2C8H8O/c2*1-2-4-7(5-3-1)8-6-9-8/h2*1-5,8H,6H2. The number of ether oxygens (including phenoxy) is 2. The molecule has 0 saturated carbocycles. The molecule has 18 heavy (non-hydrogen) atoms. The first kappa shape index (κ1) is 11.5. The Morgan fingerprint density at radius 1 is 0.611 bits per heavy atom. The Bertz CT molecular complexity index is 425. The predicted octanol–water partition coefficient (Wildman–Crippen LogP) is 3.52. The van der Waals surface area contributed by atoms with Gasteiger partial charge in [0.15, 0.2) is 0 Å². The van der Waals surface area contributed by atoms with Gasteiger partial charge in [0.2, 0.25) is 0 Å². The molecule has 2 nitrogen and oxygen atoms in total. The van der Waals surface area contributed by atoms with Gasteiger partial charge in [0.05, 0.1) is 13.2 Å². The van der Waals surface area contributed by atoms with Crippen molar-refractivity contribution in [1.82, 2.24) is 0 Å². The monoisotopic (exact) mass is 240 g/mol. The molecule has 2 heteroatoms.